The predicted octanol–water partition coefficient (Wildman–Crippen LogP) is 1.48. The van der Waals surface area contributed by atoms with Gasteiger partial charge in [0, 0.05) is 6.20 Å². The van der Waals surface area contributed by atoms with E-state index in [2.05, 4.69) is 17.2 Å². The Labute approximate surface area is 59.6 Å². The van der Waals surface area contributed by atoms with E-state index in [1.165, 1.54) is 5.57 Å². The molecule has 0 saturated carbocycles. The molecule has 1 aliphatic heterocycles. The molecule has 0 aromatic heterocycles. The van der Waals surface area contributed by atoms with E-state index in [1.54, 1.807) is 0 Å². The van der Waals surface area contributed by atoms with E-state index in [0.717, 1.165) is 13.0 Å². The molecule has 1 heterocycles. The van der Waals surface area contributed by atoms with Crippen molar-refractivity contribution in [3.8, 4) is 0 Å². The summed E-state index contributed by atoms with van der Waals surface area (Å²) in [5.74, 6) is 0. The molecule has 0 aliphatic carbocycles. The molecule has 1 N–H and O–H groups in total. The number of nitrogens with one attached hydrogen (secondary N) is 1. The van der Waals surface area contributed by atoms with E-state index in [0.29, 0.717) is 5.29 Å². The minimum Gasteiger partial charge on any atom is -0.337 e. The lowest BCUT2D eigenvalue weighted by Crippen LogP contribution is -2.17. The zero-order valence-electron chi connectivity index (χ0n) is 5.32. The minimum absolute atomic E-state index is 0.493. The molecule has 1 aliphatic rings. The van der Waals surface area contributed by atoms with Crippen LogP contribution in [0.5, 0.6) is 0 Å². The van der Waals surface area contributed by atoms with E-state index >= 15 is 0 Å². The lowest BCUT2D eigenvalue weighted by Gasteiger charge is -2.07. The van der Waals surface area contributed by atoms with E-state index in [1.807, 2.05) is 6.20 Å². The van der Waals surface area contributed by atoms with Crippen molar-refractivity contribution >= 4 is 16.9 Å². The average Bonchev–Trinajstić information content (AvgIpc) is 1.90. The first kappa shape index (κ1) is 6.62. The molecule has 9 heavy (non-hydrogen) atoms. The maximum atomic E-state index is 5.53. The third-order valence-electron chi connectivity index (χ3n) is 1.27. The Morgan fingerprint density at radius 3 is 3.11 bits per heavy atom. The van der Waals surface area contributed by atoms with Gasteiger partial charge >= 0.3 is 0 Å². The second kappa shape index (κ2) is 2.87. The maximum Gasteiger partial charge on any atom is 0.195 e. The highest BCUT2D eigenvalue weighted by Gasteiger charge is 1.99. The van der Waals surface area contributed by atoms with Crippen LogP contribution < -0.4 is 5.32 Å². The summed E-state index contributed by atoms with van der Waals surface area (Å²) in [7, 11) is 0. The zero-order valence-corrected chi connectivity index (χ0v) is 6.07. The van der Waals surface area contributed by atoms with Crippen LogP contribution in [0.4, 0.5) is 0 Å². The molecule has 0 radical (unpaired) electrons. The van der Waals surface area contributed by atoms with E-state index < -0.39 is 0 Å². The number of aliphatic imine (C=N–C) groups is 1. The van der Waals surface area contributed by atoms with Crippen LogP contribution in [0.15, 0.2) is 16.8 Å². The van der Waals surface area contributed by atoms with Gasteiger partial charge in [-0.05, 0) is 23.6 Å². The predicted molar refractivity (Wildman–Crippen MR) is 39.7 cm³/mol. The highest BCUT2D eigenvalue weighted by molar-refractivity contribution is 6.64. The van der Waals surface area contributed by atoms with E-state index in [4.69, 9.17) is 11.6 Å². The average molecular weight is 145 g/mol. The zero-order chi connectivity index (χ0) is 6.69. The lowest BCUT2D eigenvalue weighted by atomic mass is 10.2. The number of halogens is 1. The number of hydrogen-bond donors (Lipinski definition) is 1. The van der Waals surface area contributed by atoms with Crippen LogP contribution in [-0.4, -0.2) is 11.8 Å². The molecular formula is C6H9ClN2. The second-order valence-corrected chi connectivity index (χ2v) is 2.27. The monoisotopic (exact) mass is 144 g/mol. The summed E-state index contributed by atoms with van der Waals surface area (Å²) in [6.07, 6.45) is 2.95. The third-order valence-corrected chi connectivity index (χ3v) is 1.50. The van der Waals surface area contributed by atoms with Gasteiger partial charge in [0.2, 0.25) is 0 Å². The van der Waals surface area contributed by atoms with Crippen molar-refractivity contribution in [1.29, 1.82) is 0 Å². The molecule has 0 saturated heterocycles. The first-order valence-corrected chi connectivity index (χ1v) is 3.35. The third kappa shape index (κ3) is 1.72. The Bertz CT molecular complexity index is 160. The smallest absolute Gasteiger partial charge is 0.195 e. The van der Waals surface area contributed by atoms with Crippen molar-refractivity contribution in [2.24, 2.45) is 4.99 Å². The Morgan fingerprint density at radius 1 is 1.89 bits per heavy atom. The van der Waals surface area contributed by atoms with Gasteiger partial charge < -0.3 is 5.32 Å². The number of amidine groups is 1. The van der Waals surface area contributed by atoms with Gasteiger partial charge in [-0.3, -0.25) is 4.99 Å². The molecular weight excluding hydrogens is 136 g/mol. The topological polar surface area (TPSA) is 24.4 Å². The molecule has 0 bridgehead atoms. The number of nitrogens with zero attached hydrogens (tertiary/aromatic N) is 1. The summed E-state index contributed by atoms with van der Waals surface area (Å²) >= 11 is 5.53. The summed E-state index contributed by atoms with van der Waals surface area (Å²) in [5, 5.41) is 3.33. The fraction of sp³-hybridized carbons (Fsp3) is 0.500. The highest BCUT2D eigenvalue weighted by atomic mass is 35.5. The van der Waals surface area contributed by atoms with Crippen molar-refractivity contribution < 1.29 is 0 Å². The SMILES string of the molecule is CCC1=CNC(Cl)=NC1. The number of rotatable bonds is 1. The fourth-order valence-corrected chi connectivity index (χ4v) is 0.752. The van der Waals surface area contributed by atoms with Crippen molar-refractivity contribution in [3.63, 3.8) is 0 Å². The Kier molecular flexibility index (Phi) is 2.11. The summed E-state index contributed by atoms with van der Waals surface area (Å²) in [6.45, 7) is 2.85. The first-order valence-electron chi connectivity index (χ1n) is 2.97. The van der Waals surface area contributed by atoms with Gasteiger partial charge in [0.1, 0.15) is 0 Å². The van der Waals surface area contributed by atoms with Crippen molar-refractivity contribution in [1.82, 2.24) is 5.32 Å². The molecule has 50 valence electrons. The standard InChI is InChI=1S/C6H9ClN2/c1-2-5-3-8-6(7)9-4-5/h3H,2,4H2,1H3,(H,8,9). The Morgan fingerprint density at radius 2 is 2.67 bits per heavy atom. The van der Waals surface area contributed by atoms with Crippen LogP contribution >= 0.6 is 11.6 Å². The van der Waals surface area contributed by atoms with Gasteiger partial charge in [0.25, 0.3) is 0 Å². The van der Waals surface area contributed by atoms with Crippen molar-refractivity contribution in [2.75, 3.05) is 6.54 Å². The van der Waals surface area contributed by atoms with Gasteiger partial charge in [-0.25, -0.2) is 0 Å². The lowest BCUT2D eigenvalue weighted by molar-refractivity contribution is 0.954. The van der Waals surface area contributed by atoms with Crippen molar-refractivity contribution in [2.45, 2.75) is 13.3 Å². The van der Waals surface area contributed by atoms with Gasteiger partial charge in [-0.2, -0.15) is 0 Å². The van der Waals surface area contributed by atoms with Crippen LogP contribution in [0.3, 0.4) is 0 Å². The first-order chi connectivity index (χ1) is 4.33. The second-order valence-electron chi connectivity index (χ2n) is 1.91. The summed E-state index contributed by atoms with van der Waals surface area (Å²) in [5.41, 5.74) is 1.29. The maximum absolute atomic E-state index is 5.53. The van der Waals surface area contributed by atoms with Crippen LogP contribution in [-0.2, 0) is 0 Å². The summed E-state index contributed by atoms with van der Waals surface area (Å²) in [4.78, 5) is 3.98. The molecule has 0 fully saturated rings. The largest absolute Gasteiger partial charge is 0.337 e. The molecule has 0 spiro atoms. The Hall–Kier alpha value is -0.500. The molecule has 0 unspecified atom stereocenters. The van der Waals surface area contributed by atoms with Crippen molar-refractivity contribution in [3.05, 3.63) is 11.8 Å². The quantitative estimate of drug-likeness (QED) is 0.554. The molecule has 1 rings (SSSR count). The fourth-order valence-electron chi connectivity index (χ4n) is 0.638. The van der Waals surface area contributed by atoms with Crippen LogP contribution in [0.1, 0.15) is 13.3 Å². The van der Waals surface area contributed by atoms with Gasteiger partial charge in [-0.1, -0.05) is 6.92 Å². The van der Waals surface area contributed by atoms with Gasteiger partial charge in [0.05, 0.1) is 6.54 Å². The van der Waals surface area contributed by atoms with E-state index in [-0.39, 0.29) is 0 Å². The molecule has 0 aromatic carbocycles. The highest BCUT2D eigenvalue weighted by Crippen LogP contribution is 2.03. The van der Waals surface area contributed by atoms with Gasteiger partial charge in [0.15, 0.2) is 5.29 Å². The summed E-state index contributed by atoms with van der Waals surface area (Å²) in [6, 6.07) is 0. The van der Waals surface area contributed by atoms with E-state index in [9.17, 15) is 0 Å². The molecule has 0 amide bonds. The van der Waals surface area contributed by atoms with Crippen LogP contribution in [0, 0.1) is 0 Å². The molecule has 0 atom stereocenters. The minimum atomic E-state index is 0.493. The van der Waals surface area contributed by atoms with Crippen LogP contribution in [0.25, 0.3) is 0 Å². The molecule has 2 nitrogen and oxygen atoms in total. The summed E-state index contributed by atoms with van der Waals surface area (Å²) < 4.78 is 0. The molecule has 0 aromatic rings. The van der Waals surface area contributed by atoms with Crippen LogP contribution in [0.2, 0.25) is 0 Å². The molecule has 3 heteroatoms. The normalized spacial score (nSPS) is 18.0. The number of hydrogen-bond acceptors (Lipinski definition) is 2. The van der Waals surface area contributed by atoms with Gasteiger partial charge in [-0.15, -0.1) is 0 Å². The Balaban J connectivity index is 2.48.